The molecular formula is C13H24NO. The number of rotatable bonds is 5. The van der Waals surface area contributed by atoms with Crippen molar-refractivity contribution in [2.45, 2.75) is 70.8 Å². The maximum atomic E-state index is 10.9. The van der Waals surface area contributed by atoms with Gasteiger partial charge in [0.1, 0.15) is 0 Å². The van der Waals surface area contributed by atoms with Gasteiger partial charge in [-0.25, -0.2) is 0 Å². The van der Waals surface area contributed by atoms with Gasteiger partial charge in [-0.15, -0.1) is 0 Å². The molecule has 15 heavy (non-hydrogen) atoms. The van der Waals surface area contributed by atoms with Gasteiger partial charge in [0.25, 0.3) is 0 Å². The van der Waals surface area contributed by atoms with Gasteiger partial charge in [0, 0.05) is 12.6 Å². The maximum Gasteiger partial charge on any atom is 0.312 e. The zero-order valence-electron chi connectivity index (χ0n) is 10.0. The minimum absolute atomic E-state index is 0.481. The van der Waals surface area contributed by atoms with Crippen LogP contribution in [0.2, 0.25) is 0 Å². The fourth-order valence-electron chi connectivity index (χ4n) is 2.38. The molecule has 2 nitrogen and oxygen atoms in total. The minimum atomic E-state index is 0.481. The Kier molecular flexibility index (Phi) is 6.45. The molecule has 0 N–H and O–H groups in total. The van der Waals surface area contributed by atoms with Gasteiger partial charge in [-0.1, -0.05) is 45.4 Å². The van der Waals surface area contributed by atoms with Crippen molar-refractivity contribution in [3.8, 4) is 0 Å². The largest absolute Gasteiger partial charge is 0.331 e. The maximum absolute atomic E-state index is 10.9. The third kappa shape index (κ3) is 4.67. The zero-order chi connectivity index (χ0) is 10.9. The number of unbranched alkanes of at least 4 members (excludes halogenated alkanes) is 1. The van der Waals surface area contributed by atoms with E-state index in [2.05, 4.69) is 13.3 Å². The Balaban J connectivity index is 2.37. The van der Waals surface area contributed by atoms with Gasteiger partial charge in [-0.2, -0.15) is 0 Å². The Hall–Kier alpha value is -0.530. The lowest BCUT2D eigenvalue weighted by atomic mass is 9.96. The molecule has 0 bridgehead atoms. The summed E-state index contributed by atoms with van der Waals surface area (Å²) in [4.78, 5) is 12.8. The second kappa shape index (κ2) is 7.72. The van der Waals surface area contributed by atoms with Crippen LogP contribution in [0.1, 0.15) is 64.7 Å². The summed E-state index contributed by atoms with van der Waals surface area (Å²) in [5, 5.41) is 0. The summed E-state index contributed by atoms with van der Waals surface area (Å²) >= 11 is 0. The average Bonchev–Trinajstić information content (AvgIpc) is 2.21. The first-order chi connectivity index (χ1) is 7.38. The molecule has 0 aromatic rings. The monoisotopic (exact) mass is 210 g/mol. The molecular weight excluding hydrogens is 186 g/mol. The number of carbonyl (C=O) groups excluding carboxylic acids is 1. The molecule has 87 valence electrons. The Bertz CT molecular complexity index is 162. The Labute approximate surface area is 94.0 Å². The molecule has 1 aliphatic rings. The van der Waals surface area contributed by atoms with E-state index in [1.807, 2.05) is 4.90 Å². The van der Waals surface area contributed by atoms with Crippen LogP contribution in [0.4, 0.5) is 0 Å². The quantitative estimate of drug-likeness (QED) is 0.638. The van der Waals surface area contributed by atoms with Gasteiger partial charge >= 0.3 is 6.41 Å². The van der Waals surface area contributed by atoms with E-state index in [-0.39, 0.29) is 0 Å². The number of amides is 1. The molecule has 0 aromatic heterocycles. The first-order valence-corrected chi connectivity index (χ1v) is 6.53. The fourth-order valence-corrected chi connectivity index (χ4v) is 2.38. The van der Waals surface area contributed by atoms with Crippen LogP contribution in [0.3, 0.4) is 0 Å². The van der Waals surface area contributed by atoms with Gasteiger partial charge < -0.3 is 4.90 Å². The Morgan fingerprint density at radius 1 is 1.13 bits per heavy atom. The van der Waals surface area contributed by atoms with Crippen LogP contribution in [-0.2, 0) is 4.79 Å². The predicted molar refractivity (Wildman–Crippen MR) is 63.4 cm³/mol. The SMILES string of the molecule is CCCCN([C]=O)C1CCCCCCC1. The van der Waals surface area contributed by atoms with Crippen LogP contribution in [0.25, 0.3) is 0 Å². The van der Waals surface area contributed by atoms with Crippen molar-refractivity contribution < 1.29 is 4.79 Å². The summed E-state index contributed by atoms with van der Waals surface area (Å²) in [6, 6.07) is 0.481. The minimum Gasteiger partial charge on any atom is -0.331 e. The van der Waals surface area contributed by atoms with Gasteiger partial charge in [0.05, 0.1) is 0 Å². The third-order valence-corrected chi connectivity index (χ3v) is 3.39. The lowest BCUT2D eigenvalue weighted by Crippen LogP contribution is -2.35. The van der Waals surface area contributed by atoms with Crippen molar-refractivity contribution in [3.63, 3.8) is 0 Å². The van der Waals surface area contributed by atoms with E-state index in [0.717, 1.165) is 19.4 Å². The molecule has 1 radical (unpaired) electrons. The number of hydrogen-bond acceptors (Lipinski definition) is 1. The van der Waals surface area contributed by atoms with E-state index in [1.165, 1.54) is 44.9 Å². The first kappa shape index (κ1) is 12.5. The fraction of sp³-hybridized carbons (Fsp3) is 0.923. The van der Waals surface area contributed by atoms with Crippen LogP contribution >= 0.6 is 0 Å². The van der Waals surface area contributed by atoms with Crippen LogP contribution in [0.5, 0.6) is 0 Å². The topological polar surface area (TPSA) is 20.3 Å². The average molecular weight is 210 g/mol. The summed E-state index contributed by atoms with van der Waals surface area (Å²) < 4.78 is 0. The van der Waals surface area contributed by atoms with Crippen molar-refractivity contribution in [2.75, 3.05) is 6.54 Å². The summed E-state index contributed by atoms with van der Waals surface area (Å²) in [6.45, 7) is 3.08. The molecule has 1 amide bonds. The number of hydrogen-bond donors (Lipinski definition) is 0. The van der Waals surface area contributed by atoms with Crippen LogP contribution < -0.4 is 0 Å². The highest BCUT2D eigenvalue weighted by atomic mass is 16.1. The Morgan fingerprint density at radius 2 is 1.73 bits per heavy atom. The van der Waals surface area contributed by atoms with Crippen molar-refractivity contribution >= 4 is 6.41 Å². The van der Waals surface area contributed by atoms with Gasteiger partial charge in [-0.05, 0) is 19.3 Å². The van der Waals surface area contributed by atoms with E-state index < -0.39 is 0 Å². The molecule has 0 aromatic carbocycles. The molecule has 0 saturated heterocycles. The molecule has 1 rings (SSSR count). The van der Waals surface area contributed by atoms with Gasteiger partial charge in [-0.3, -0.25) is 4.79 Å². The lowest BCUT2D eigenvalue weighted by Gasteiger charge is -2.29. The predicted octanol–water partition coefficient (Wildman–Crippen LogP) is 3.27. The second-order valence-corrected chi connectivity index (χ2v) is 4.64. The Morgan fingerprint density at radius 3 is 2.27 bits per heavy atom. The summed E-state index contributed by atoms with van der Waals surface area (Å²) in [6.07, 6.45) is 13.4. The molecule has 1 aliphatic carbocycles. The van der Waals surface area contributed by atoms with Crippen molar-refractivity contribution in [1.29, 1.82) is 0 Å². The first-order valence-electron chi connectivity index (χ1n) is 6.53. The molecule has 0 unspecified atom stereocenters. The lowest BCUT2D eigenvalue weighted by molar-refractivity contribution is 0.243. The molecule has 2 heteroatoms. The molecule has 0 spiro atoms. The standard InChI is InChI=1S/C13H24NO/c1-2-3-11-14(12-15)13-9-7-5-4-6-8-10-13/h13H,2-11H2,1H3. The highest BCUT2D eigenvalue weighted by molar-refractivity contribution is 5.48. The highest BCUT2D eigenvalue weighted by Crippen LogP contribution is 2.20. The summed E-state index contributed by atoms with van der Waals surface area (Å²) in [5.41, 5.74) is 0. The van der Waals surface area contributed by atoms with E-state index in [9.17, 15) is 4.79 Å². The molecule has 0 atom stereocenters. The normalized spacial score (nSPS) is 19.3. The summed E-state index contributed by atoms with van der Waals surface area (Å²) in [7, 11) is 0. The number of nitrogens with zero attached hydrogens (tertiary/aromatic N) is 1. The third-order valence-electron chi connectivity index (χ3n) is 3.39. The van der Waals surface area contributed by atoms with Crippen molar-refractivity contribution in [3.05, 3.63) is 0 Å². The molecule has 1 saturated carbocycles. The van der Waals surface area contributed by atoms with Crippen LogP contribution in [-0.4, -0.2) is 23.9 Å². The van der Waals surface area contributed by atoms with Crippen molar-refractivity contribution in [1.82, 2.24) is 4.90 Å². The van der Waals surface area contributed by atoms with Gasteiger partial charge in [0.15, 0.2) is 0 Å². The molecule has 0 heterocycles. The molecule has 1 fully saturated rings. The second-order valence-electron chi connectivity index (χ2n) is 4.64. The van der Waals surface area contributed by atoms with Gasteiger partial charge in [0.2, 0.25) is 0 Å². The van der Waals surface area contributed by atoms with E-state index in [0.29, 0.717) is 6.04 Å². The van der Waals surface area contributed by atoms with E-state index in [1.54, 1.807) is 0 Å². The molecule has 0 aliphatic heterocycles. The van der Waals surface area contributed by atoms with E-state index >= 15 is 0 Å². The highest BCUT2D eigenvalue weighted by Gasteiger charge is 2.17. The van der Waals surface area contributed by atoms with Crippen molar-refractivity contribution in [2.24, 2.45) is 0 Å². The smallest absolute Gasteiger partial charge is 0.312 e. The van der Waals surface area contributed by atoms with E-state index in [4.69, 9.17) is 0 Å². The summed E-state index contributed by atoms with van der Waals surface area (Å²) in [5.74, 6) is 0. The zero-order valence-corrected chi connectivity index (χ0v) is 10.0. The van der Waals surface area contributed by atoms with Crippen LogP contribution in [0, 0.1) is 0 Å². The van der Waals surface area contributed by atoms with Crippen LogP contribution in [0.15, 0.2) is 0 Å².